The zero-order valence-electron chi connectivity index (χ0n) is 13.7. The Morgan fingerprint density at radius 3 is 2.27 bits per heavy atom. The first-order chi connectivity index (χ1) is 10.4. The van der Waals surface area contributed by atoms with E-state index in [9.17, 15) is 13.5 Å². The van der Waals surface area contributed by atoms with Crippen LogP contribution in [0.25, 0.3) is 0 Å². The van der Waals surface area contributed by atoms with Crippen LogP contribution < -0.4 is 0 Å². The van der Waals surface area contributed by atoms with Crippen LogP contribution in [0.3, 0.4) is 0 Å². The highest BCUT2D eigenvalue weighted by Gasteiger charge is 2.30. The van der Waals surface area contributed by atoms with Crippen LogP contribution in [0.2, 0.25) is 0 Å². The molecule has 0 fully saturated rings. The molecule has 0 saturated carbocycles. The molecule has 0 aliphatic heterocycles. The fraction of sp³-hybridized carbons (Fsp3) is 0.556. The van der Waals surface area contributed by atoms with Crippen molar-refractivity contribution in [3.8, 4) is 0 Å². The Kier molecular flexibility index (Phi) is 7.83. The Morgan fingerprint density at radius 2 is 1.73 bits per heavy atom. The van der Waals surface area contributed by atoms with E-state index in [1.165, 1.54) is 0 Å². The Hall–Kier alpha value is -1.13. The van der Waals surface area contributed by atoms with Crippen molar-refractivity contribution in [2.75, 3.05) is 0 Å². The van der Waals surface area contributed by atoms with Gasteiger partial charge in [-0.3, -0.25) is 0 Å². The van der Waals surface area contributed by atoms with E-state index in [0.29, 0.717) is 12.8 Å². The molecule has 3 nitrogen and oxygen atoms in total. The summed E-state index contributed by atoms with van der Waals surface area (Å²) in [5.41, 5.74) is 0. The molecule has 0 amide bonds. The van der Waals surface area contributed by atoms with E-state index < -0.39 is 21.9 Å². The van der Waals surface area contributed by atoms with Crippen LogP contribution in [-0.2, 0) is 9.84 Å². The number of sulfone groups is 1. The highest BCUT2D eigenvalue weighted by molar-refractivity contribution is 7.95. The molecule has 22 heavy (non-hydrogen) atoms. The SMILES string of the molecule is C=C([C@H](CCC)[C@@H](O)CCCCC)S(=O)(=O)c1ccccc1. The summed E-state index contributed by atoms with van der Waals surface area (Å²) >= 11 is 0. The smallest absolute Gasteiger partial charge is 0.202 e. The Bertz CT molecular complexity index is 549. The van der Waals surface area contributed by atoms with Crippen molar-refractivity contribution in [3.63, 3.8) is 0 Å². The van der Waals surface area contributed by atoms with Gasteiger partial charge in [0.1, 0.15) is 0 Å². The maximum atomic E-state index is 12.7. The van der Waals surface area contributed by atoms with Crippen molar-refractivity contribution in [1.82, 2.24) is 0 Å². The lowest BCUT2D eigenvalue weighted by molar-refractivity contribution is 0.111. The normalized spacial score (nSPS) is 14.5. The first kappa shape index (κ1) is 18.9. The Morgan fingerprint density at radius 1 is 1.09 bits per heavy atom. The molecule has 0 aliphatic rings. The minimum atomic E-state index is -3.59. The third kappa shape index (κ3) is 4.96. The largest absolute Gasteiger partial charge is 0.392 e. The molecule has 1 rings (SSSR count). The van der Waals surface area contributed by atoms with E-state index in [4.69, 9.17) is 0 Å². The summed E-state index contributed by atoms with van der Waals surface area (Å²) in [4.78, 5) is 0.395. The molecular weight excluding hydrogens is 296 g/mol. The van der Waals surface area contributed by atoms with Crippen LogP contribution in [-0.4, -0.2) is 19.6 Å². The van der Waals surface area contributed by atoms with Gasteiger partial charge in [-0.2, -0.15) is 0 Å². The van der Waals surface area contributed by atoms with Gasteiger partial charge in [0.25, 0.3) is 0 Å². The van der Waals surface area contributed by atoms with E-state index in [-0.39, 0.29) is 9.80 Å². The number of unbranched alkanes of at least 4 members (excludes halogenated alkanes) is 2. The summed E-state index contributed by atoms with van der Waals surface area (Å²) in [5.74, 6) is -0.396. The highest BCUT2D eigenvalue weighted by atomic mass is 32.2. The van der Waals surface area contributed by atoms with Crippen molar-refractivity contribution in [3.05, 3.63) is 41.8 Å². The van der Waals surface area contributed by atoms with Crippen LogP contribution in [0.1, 0.15) is 52.4 Å². The molecule has 1 N–H and O–H groups in total. The lowest BCUT2D eigenvalue weighted by atomic mass is 9.93. The maximum absolute atomic E-state index is 12.7. The molecule has 1 aromatic carbocycles. The molecular formula is C18H28O3S. The monoisotopic (exact) mass is 324 g/mol. The molecule has 4 heteroatoms. The summed E-state index contributed by atoms with van der Waals surface area (Å²) in [6, 6.07) is 8.34. The van der Waals surface area contributed by atoms with Crippen LogP contribution in [0.5, 0.6) is 0 Å². The van der Waals surface area contributed by atoms with E-state index in [1.807, 2.05) is 6.92 Å². The van der Waals surface area contributed by atoms with E-state index >= 15 is 0 Å². The molecule has 0 spiro atoms. The van der Waals surface area contributed by atoms with Gasteiger partial charge < -0.3 is 5.11 Å². The van der Waals surface area contributed by atoms with Gasteiger partial charge in [0.15, 0.2) is 0 Å². The van der Waals surface area contributed by atoms with Gasteiger partial charge in [0.05, 0.1) is 11.0 Å². The quantitative estimate of drug-likeness (QED) is 0.652. The van der Waals surface area contributed by atoms with Gasteiger partial charge in [0, 0.05) is 10.8 Å². The Balaban J connectivity index is 2.93. The standard InChI is InChI=1S/C18H28O3S/c1-4-6-8-14-18(19)17(11-5-2)15(3)22(20,21)16-12-9-7-10-13-16/h7,9-10,12-13,17-19H,3-6,8,11,14H2,1-2H3/t17-,18-/m0/s1. The fourth-order valence-electron chi connectivity index (χ4n) is 2.63. The summed E-state index contributed by atoms with van der Waals surface area (Å²) in [6.45, 7) is 7.92. The molecule has 0 bridgehead atoms. The van der Waals surface area contributed by atoms with Crippen molar-refractivity contribution in [1.29, 1.82) is 0 Å². The van der Waals surface area contributed by atoms with Crippen LogP contribution in [0.4, 0.5) is 0 Å². The minimum Gasteiger partial charge on any atom is -0.392 e. The number of aliphatic hydroxyl groups is 1. The van der Waals surface area contributed by atoms with Gasteiger partial charge in [-0.15, -0.1) is 0 Å². The second-order valence-corrected chi connectivity index (χ2v) is 7.74. The number of rotatable bonds is 10. The third-order valence-electron chi connectivity index (χ3n) is 3.98. The average molecular weight is 324 g/mol. The first-order valence-electron chi connectivity index (χ1n) is 8.12. The molecule has 0 saturated heterocycles. The van der Waals surface area contributed by atoms with Gasteiger partial charge in [-0.05, 0) is 25.0 Å². The lowest BCUT2D eigenvalue weighted by Crippen LogP contribution is -2.26. The molecule has 0 aromatic heterocycles. The van der Waals surface area contributed by atoms with Gasteiger partial charge in [-0.1, -0.05) is 64.3 Å². The van der Waals surface area contributed by atoms with E-state index in [0.717, 1.165) is 25.7 Å². The van der Waals surface area contributed by atoms with Gasteiger partial charge in [-0.25, -0.2) is 8.42 Å². The third-order valence-corrected chi connectivity index (χ3v) is 5.87. The number of benzene rings is 1. The topological polar surface area (TPSA) is 54.4 Å². The second kappa shape index (κ2) is 9.11. The average Bonchev–Trinajstić information content (AvgIpc) is 2.52. The van der Waals surface area contributed by atoms with Crippen molar-refractivity contribution < 1.29 is 13.5 Å². The predicted octanol–water partition coefficient (Wildman–Crippen LogP) is 4.33. The minimum absolute atomic E-state index is 0.143. The predicted molar refractivity (Wildman–Crippen MR) is 91.3 cm³/mol. The van der Waals surface area contributed by atoms with Gasteiger partial charge >= 0.3 is 0 Å². The molecule has 2 atom stereocenters. The van der Waals surface area contributed by atoms with Crippen LogP contribution in [0.15, 0.2) is 46.7 Å². The van der Waals surface area contributed by atoms with Crippen LogP contribution in [0, 0.1) is 5.92 Å². The molecule has 1 aromatic rings. The maximum Gasteiger partial charge on any atom is 0.202 e. The lowest BCUT2D eigenvalue weighted by Gasteiger charge is -2.24. The summed E-state index contributed by atoms with van der Waals surface area (Å²) < 4.78 is 25.3. The molecule has 0 unspecified atom stereocenters. The number of hydrogen-bond acceptors (Lipinski definition) is 3. The van der Waals surface area contributed by atoms with Crippen molar-refractivity contribution in [2.24, 2.45) is 5.92 Å². The molecule has 0 aliphatic carbocycles. The van der Waals surface area contributed by atoms with Crippen molar-refractivity contribution >= 4 is 9.84 Å². The van der Waals surface area contributed by atoms with Gasteiger partial charge in [0.2, 0.25) is 9.84 Å². The van der Waals surface area contributed by atoms with Crippen LogP contribution >= 0.6 is 0 Å². The van der Waals surface area contributed by atoms with E-state index in [1.54, 1.807) is 30.3 Å². The summed E-state index contributed by atoms with van der Waals surface area (Å²) in [5, 5.41) is 10.4. The number of hydrogen-bond donors (Lipinski definition) is 1. The molecule has 124 valence electrons. The highest BCUT2D eigenvalue weighted by Crippen LogP contribution is 2.31. The summed E-state index contributed by atoms with van der Waals surface area (Å²) in [7, 11) is -3.59. The van der Waals surface area contributed by atoms with Crippen molar-refractivity contribution in [2.45, 2.75) is 63.4 Å². The zero-order chi connectivity index (χ0) is 16.6. The number of aliphatic hydroxyl groups excluding tert-OH is 1. The first-order valence-corrected chi connectivity index (χ1v) is 9.60. The molecule has 0 radical (unpaired) electrons. The Labute approximate surface area is 135 Å². The molecule has 0 heterocycles. The fourth-order valence-corrected chi connectivity index (χ4v) is 4.13. The van der Waals surface area contributed by atoms with E-state index in [2.05, 4.69) is 13.5 Å². The summed E-state index contributed by atoms with van der Waals surface area (Å²) in [6.07, 6.45) is 4.48. The zero-order valence-corrected chi connectivity index (χ0v) is 14.5. The second-order valence-electron chi connectivity index (χ2n) is 5.74.